The maximum Gasteiger partial charge on any atom is 0.257 e. The number of carbonyl (C=O) groups excluding carboxylic acids is 1. The first kappa shape index (κ1) is 15.1. The van der Waals surface area contributed by atoms with E-state index < -0.39 is 0 Å². The van der Waals surface area contributed by atoms with Crippen LogP contribution < -0.4 is 0 Å². The molecule has 0 saturated carbocycles. The first-order valence-corrected chi connectivity index (χ1v) is 8.88. The molecule has 0 bridgehead atoms. The SMILES string of the molecule is Cc1nc(-c2cc(C(=O)N3CCC[C@@H]3Cn3cccn3)co2)cs1. The summed E-state index contributed by atoms with van der Waals surface area (Å²) in [7, 11) is 0. The molecule has 0 unspecified atom stereocenters. The Hall–Kier alpha value is -2.41. The monoisotopic (exact) mass is 342 g/mol. The molecular weight excluding hydrogens is 324 g/mol. The molecule has 1 fully saturated rings. The van der Waals surface area contributed by atoms with Crippen LogP contribution in [0.1, 0.15) is 28.2 Å². The van der Waals surface area contributed by atoms with Crippen molar-refractivity contribution < 1.29 is 9.21 Å². The summed E-state index contributed by atoms with van der Waals surface area (Å²) in [5.41, 5.74) is 1.37. The van der Waals surface area contributed by atoms with Gasteiger partial charge in [-0.05, 0) is 31.9 Å². The van der Waals surface area contributed by atoms with Crippen LogP contribution in [0.3, 0.4) is 0 Å². The lowest BCUT2D eigenvalue weighted by molar-refractivity contribution is 0.0721. The fraction of sp³-hybridized carbons (Fsp3) is 0.353. The molecule has 0 aromatic carbocycles. The minimum absolute atomic E-state index is 0.0200. The van der Waals surface area contributed by atoms with Gasteiger partial charge < -0.3 is 9.32 Å². The van der Waals surface area contributed by atoms with E-state index in [1.54, 1.807) is 23.6 Å². The van der Waals surface area contributed by atoms with Crippen LogP contribution in [0.2, 0.25) is 0 Å². The van der Waals surface area contributed by atoms with E-state index in [4.69, 9.17) is 4.42 Å². The van der Waals surface area contributed by atoms with Gasteiger partial charge in [0.05, 0.1) is 23.2 Å². The number of aromatic nitrogens is 3. The van der Waals surface area contributed by atoms with Gasteiger partial charge >= 0.3 is 0 Å². The van der Waals surface area contributed by atoms with Crippen molar-refractivity contribution >= 4 is 17.2 Å². The first-order valence-electron chi connectivity index (χ1n) is 8.00. The van der Waals surface area contributed by atoms with E-state index in [2.05, 4.69) is 10.1 Å². The standard InChI is InChI=1S/C17H18N4O2S/c1-12-19-15(11-24-12)16-8-13(10-23-16)17(22)21-7-2-4-14(21)9-20-6-3-5-18-20/h3,5-6,8,10-11,14H,2,4,7,9H2,1H3/t14-/m1/s1. The van der Waals surface area contributed by atoms with Crippen LogP contribution in [0, 0.1) is 6.92 Å². The van der Waals surface area contributed by atoms with Crippen molar-refractivity contribution in [3.05, 3.63) is 46.7 Å². The van der Waals surface area contributed by atoms with E-state index in [1.165, 1.54) is 6.26 Å². The number of hydrogen-bond acceptors (Lipinski definition) is 5. The predicted octanol–water partition coefficient (Wildman–Crippen LogP) is 3.21. The predicted molar refractivity (Wildman–Crippen MR) is 90.8 cm³/mol. The molecule has 124 valence electrons. The molecule has 0 aliphatic carbocycles. The molecule has 1 atom stereocenters. The molecule has 7 heteroatoms. The summed E-state index contributed by atoms with van der Waals surface area (Å²) >= 11 is 1.57. The highest BCUT2D eigenvalue weighted by molar-refractivity contribution is 7.09. The van der Waals surface area contributed by atoms with Crippen molar-refractivity contribution in [1.82, 2.24) is 19.7 Å². The quantitative estimate of drug-likeness (QED) is 0.730. The lowest BCUT2D eigenvalue weighted by Gasteiger charge is -2.24. The number of amides is 1. The van der Waals surface area contributed by atoms with Gasteiger partial charge in [-0.15, -0.1) is 11.3 Å². The molecule has 3 aromatic rings. The minimum Gasteiger partial charge on any atom is -0.462 e. The van der Waals surface area contributed by atoms with E-state index >= 15 is 0 Å². The highest BCUT2D eigenvalue weighted by Gasteiger charge is 2.30. The molecule has 1 aliphatic rings. The topological polar surface area (TPSA) is 64.2 Å². The van der Waals surface area contributed by atoms with Gasteiger partial charge in [0.15, 0.2) is 5.76 Å². The van der Waals surface area contributed by atoms with Crippen molar-refractivity contribution in [1.29, 1.82) is 0 Å². The Bertz CT molecular complexity index is 837. The Morgan fingerprint density at radius 3 is 3.17 bits per heavy atom. The molecule has 24 heavy (non-hydrogen) atoms. The van der Waals surface area contributed by atoms with Crippen LogP contribution in [-0.4, -0.2) is 38.2 Å². The van der Waals surface area contributed by atoms with E-state index in [9.17, 15) is 4.79 Å². The van der Waals surface area contributed by atoms with Crippen molar-refractivity contribution in [2.24, 2.45) is 0 Å². The Morgan fingerprint density at radius 2 is 2.42 bits per heavy atom. The molecule has 1 saturated heterocycles. The Labute approximate surface area is 143 Å². The maximum absolute atomic E-state index is 12.9. The number of carbonyl (C=O) groups is 1. The average Bonchev–Trinajstić information content (AvgIpc) is 3.35. The van der Waals surface area contributed by atoms with E-state index in [0.717, 1.165) is 36.6 Å². The zero-order valence-corrected chi connectivity index (χ0v) is 14.2. The van der Waals surface area contributed by atoms with Crippen molar-refractivity contribution in [3.63, 3.8) is 0 Å². The second kappa shape index (κ2) is 6.24. The average molecular weight is 342 g/mol. The fourth-order valence-corrected chi connectivity index (χ4v) is 3.74. The number of rotatable bonds is 4. The lowest BCUT2D eigenvalue weighted by Crippen LogP contribution is -2.38. The maximum atomic E-state index is 12.9. The van der Waals surface area contributed by atoms with Gasteiger partial charge in [0.2, 0.25) is 0 Å². The molecular formula is C17H18N4O2S. The van der Waals surface area contributed by atoms with Gasteiger partial charge in [-0.25, -0.2) is 4.98 Å². The van der Waals surface area contributed by atoms with Crippen LogP contribution in [0.4, 0.5) is 0 Å². The van der Waals surface area contributed by atoms with Crippen LogP contribution >= 0.6 is 11.3 Å². The molecule has 6 nitrogen and oxygen atoms in total. The van der Waals surface area contributed by atoms with Crippen LogP contribution in [0.5, 0.6) is 0 Å². The number of aryl methyl sites for hydroxylation is 1. The summed E-state index contributed by atoms with van der Waals surface area (Å²) in [5, 5.41) is 7.17. The zero-order valence-electron chi connectivity index (χ0n) is 13.4. The van der Waals surface area contributed by atoms with Gasteiger partial charge in [-0.1, -0.05) is 0 Å². The first-order chi connectivity index (χ1) is 11.7. The molecule has 1 aliphatic heterocycles. The van der Waals surface area contributed by atoms with E-state index in [1.807, 2.05) is 34.1 Å². The summed E-state index contributed by atoms with van der Waals surface area (Å²) in [5.74, 6) is 0.664. The molecule has 3 aromatic heterocycles. The highest BCUT2D eigenvalue weighted by Crippen LogP contribution is 2.26. The number of thiazole rings is 1. The summed E-state index contributed by atoms with van der Waals surface area (Å²) in [6.45, 7) is 3.46. The Morgan fingerprint density at radius 1 is 1.50 bits per heavy atom. The molecule has 1 amide bonds. The van der Waals surface area contributed by atoms with Gasteiger partial charge in [0.1, 0.15) is 12.0 Å². The van der Waals surface area contributed by atoms with Crippen LogP contribution in [0.15, 0.2) is 40.6 Å². The second-order valence-corrected chi connectivity index (χ2v) is 7.04. The van der Waals surface area contributed by atoms with E-state index in [0.29, 0.717) is 11.3 Å². The van der Waals surface area contributed by atoms with Gasteiger partial charge in [-0.3, -0.25) is 9.48 Å². The normalized spacial score (nSPS) is 17.5. The molecule has 4 rings (SSSR count). The number of likely N-dealkylation sites (tertiary alicyclic amines) is 1. The minimum atomic E-state index is 0.0200. The highest BCUT2D eigenvalue weighted by atomic mass is 32.1. The summed E-state index contributed by atoms with van der Waals surface area (Å²) in [4.78, 5) is 19.2. The lowest BCUT2D eigenvalue weighted by atomic mass is 10.2. The number of hydrogen-bond donors (Lipinski definition) is 0. The Kier molecular flexibility index (Phi) is 3.93. The van der Waals surface area contributed by atoms with E-state index in [-0.39, 0.29) is 11.9 Å². The number of furan rings is 1. The van der Waals surface area contributed by atoms with Gasteiger partial charge in [0.25, 0.3) is 5.91 Å². The largest absolute Gasteiger partial charge is 0.462 e. The number of nitrogens with zero attached hydrogens (tertiary/aromatic N) is 4. The van der Waals surface area contributed by atoms with Crippen LogP contribution in [0.25, 0.3) is 11.5 Å². The van der Waals surface area contributed by atoms with Gasteiger partial charge in [-0.2, -0.15) is 5.10 Å². The summed E-state index contributed by atoms with van der Waals surface area (Å²) in [6.07, 6.45) is 7.26. The summed E-state index contributed by atoms with van der Waals surface area (Å²) < 4.78 is 7.45. The molecule has 0 spiro atoms. The van der Waals surface area contributed by atoms with Crippen molar-refractivity contribution in [2.45, 2.75) is 32.4 Å². The fourth-order valence-electron chi connectivity index (χ4n) is 3.14. The molecule has 0 N–H and O–H groups in total. The third kappa shape index (κ3) is 2.87. The van der Waals surface area contributed by atoms with Crippen molar-refractivity contribution in [2.75, 3.05) is 6.54 Å². The summed E-state index contributed by atoms with van der Waals surface area (Å²) in [6, 6.07) is 3.87. The third-order valence-corrected chi connectivity index (χ3v) is 5.09. The second-order valence-electron chi connectivity index (χ2n) is 5.97. The Balaban J connectivity index is 1.51. The zero-order chi connectivity index (χ0) is 16.5. The molecule has 0 radical (unpaired) electrons. The molecule has 4 heterocycles. The van der Waals surface area contributed by atoms with Crippen LogP contribution in [-0.2, 0) is 6.54 Å². The van der Waals surface area contributed by atoms with Crippen molar-refractivity contribution in [3.8, 4) is 11.5 Å². The smallest absolute Gasteiger partial charge is 0.257 e. The third-order valence-electron chi connectivity index (χ3n) is 4.31. The van der Waals surface area contributed by atoms with Gasteiger partial charge in [0, 0.05) is 24.3 Å².